The van der Waals surface area contributed by atoms with Gasteiger partial charge in [-0.05, 0) is 46.8 Å². The Morgan fingerprint density at radius 2 is 2.23 bits per heavy atom. The Labute approximate surface area is 184 Å². The standard InChI is InChI=1S/C19H23BrN6O3S/c1-3-8-22-19(27)26-30(2,28)16-7-6-13-11-15(16)29-10-5-4-9-21-17-14(20)12-23-18(24-13)25-17/h3,6-7,11-12H,1-2,4-5,8-10H2,(H2,21,23,24,25)(H2,22,26,27,28). The van der Waals surface area contributed by atoms with Gasteiger partial charge in [-0.15, -0.1) is 6.58 Å². The monoisotopic (exact) mass is 494 g/mol. The van der Waals surface area contributed by atoms with Gasteiger partial charge in [0.2, 0.25) is 5.95 Å². The minimum atomic E-state index is -3.15. The van der Waals surface area contributed by atoms with E-state index in [-0.39, 0.29) is 6.54 Å². The Balaban J connectivity index is 1.91. The molecule has 0 saturated heterocycles. The first-order chi connectivity index (χ1) is 14.4. The van der Waals surface area contributed by atoms with Gasteiger partial charge < -0.3 is 20.7 Å². The molecule has 4 bridgehead atoms. The zero-order chi connectivity index (χ0) is 21.6. The number of rotatable bonds is 4. The Kier molecular flexibility index (Phi) is 7.16. The summed E-state index contributed by atoms with van der Waals surface area (Å²) in [4.78, 5) is 21.0. The average Bonchev–Trinajstić information content (AvgIpc) is 2.71. The van der Waals surface area contributed by atoms with E-state index in [1.165, 1.54) is 6.08 Å². The van der Waals surface area contributed by atoms with E-state index in [0.717, 1.165) is 17.3 Å². The fourth-order valence-corrected chi connectivity index (χ4v) is 4.22. The minimum absolute atomic E-state index is 0.247. The predicted molar refractivity (Wildman–Crippen MR) is 123 cm³/mol. The highest BCUT2D eigenvalue weighted by Gasteiger charge is 2.18. The van der Waals surface area contributed by atoms with Crippen molar-refractivity contribution in [2.75, 3.05) is 30.3 Å². The number of nitrogens with zero attached hydrogens (tertiary/aromatic N) is 2. The van der Waals surface area contributed by atoms with E-state index in [9.17, 15) is 9.00 Å². The predicted octanol–water partition coefficient (Wildman–Crippen LogP) is 3.04. The molecule has 0 saturated carbocycles. The number of aromatic nitrogens is 2. The number of anilines is 3. The van der Waals surface area contributed by atoms with Crippen molar-refractivity contribution >= 4 is 55.0 Å². The van der Waals surface area contributed by atoms with Gasteiger partial charge in [0.1, 0.15) is 11.6 Å². The Morgan fingerprint density at radius 3 is 3.03 bits per heavy atom. The van der Waals surface area contributed by atoms with Gasteiger partial charge >= 0.3 is 6.03 Å². The summed E-state index contributed by atoms with van der Waals surface area (Å²) in [5.74, 6) is 5.18. The summed E-state index contributed by atoms with van der Waals surface area (Å²) in [6, 6.07) is 4.41. The van der Waals surface area contributed by atoms with Gasteiger partial charge in [0.05, 0.1) is 25.7 Å². The van der Waals surface area contributed by atoms with Crippen LogP contribution in [-0.4, -0.2) is 45.8 Å². The van der Waals surface area contributed by atoms with Crippen LogP contribution in [0.25, 0.3) is 0 Å². The third kappa shape index (κ3) is 5.63. The fourth-order valence-electron chi connectivity index (χ4n) is 2.67. The van der Waals surface area contributed by atoms with E-state index < -0.39 is 15.7 Å². The van der Waals surface area contributed by atoms with Crippen molar-refractivity contribution in [1.29, 1.82) is 0 Å². The molecule has 1 atom stereocenters. The number of fused-ring (bicyclic) bond motifs is 4. The molecular weight excluding hydrogens is 472 g/mol. The van der Waals surface area contributed by atoms with Crippen molar-refractivity contribution in [1.82, 2.24) is 20.0 Å². The van der Waals surface area contributed by atoms with E-state index in [1.54, 1.807) is 24.4 Å². The molecule has 1 aromatic carbocycles. The summed E-state index contributed by atoms with van der Waals surface area (Å²) in [6.07, 6.45) is 4.80. The van der Waals surface area contributed by atoms with Crippen LogP contribution in [0.1, 0.15) is 12.8 Å². The number of nitrogens with one attached hydrogen (secondary N) is 4. The largest absolute Gasteiger partial charge is 0.492 e. The lowest BCUT2D eigenvalue weighted by atomic mass is 10.3. The number of halogens is 1. The zero-order valence-corrected chi connectivity index (χ0v) is 18.6. The summed E-state index contributed by atoms with van der Waals surface area (Å²) in [6.45, 7) is 4.90. The van der Waals surface area contributed by atoms with Gasteiger partial charge in [0.25, 0.3) is 0 Å². The smallest absolute Gasteiger partial charge is 0.326 e. The van der Waals surface area contributed by atoms with E-state index in [1.807, 2.05) is 0 Å². The van der Waals surface area contributed by atoms with Crippen molar-refractivity contribution in [3.8, 4) is 5.75 Å². The van der Waals surface area contributed by atoms with Crippen LogP contribution in [-0.2, 0) is 9.71 Å². The number of hydrogen-bond donors (Lipinski definition) is 4. The van der Waals surface area contributed by atoms with Gasteiger partial charge in [0, 0.05) is 31.0 Å². The number of benzene rings is 1. The molecule has 2 aromatic rings. The molecule has 160 valence electrons. The topological polar surface area (TPSA) is 117 Å². The summed E-state index contributed by atoms with van der Waals surface area (Å²) >= 11 is 3.44. The third-order valence-electron chi connectivity index (χ3n) is 4.08. The first kappa shape index (κ1) is 21.9. The Hall–Kier alpha value is -2.79. The molecule has 0 spiro atoms. The summed E-state index contributed by atoms with van der Waals surface area (Å²) in [7, 11) is -3.15. The summed E-state index contributed by atoms with van der Waals surface area (Å²) in [5, 5.41) is 8.90. The molecule has 0 fully saturated rings. The van der Waals surface area contributed by atoms with Crippen molar-refractivity contribution in [3.63, 3.8) is 0 Å². The minimum Gasteiger partial charge on any atom is -0.492 e. The van der Waals surface area contributed by atoms with Crippen molar-refractivity contribution in [3.05, 3.63) is 41.5 Å². The normalized spacial score (nSPS) is 15.4. The molecular formula is C19H23BrN6O3S. The molecule has 2 amide bonds. The van der Waals surface area contributed by atoms with Crippen LogP contribution in [0.15, 0.2) is 46.4 Å². The molecule has 0 radical (unpaired) electrons. The molecule has 4 N–H and O–H groups in total. The molecule has 3 rings (SSSR count). The second kappa shape index (κ2) is 9.81. The number of carbonyl (C=O) groups excluding carboxylic acids is 1. The maximum Gasteiger partial charge on any atom is 0.326 e. The molecule has 11 heteroatoms. The average molecular weight is 495 g/mol. The molecule has 0 aliphatic carbocycles. The Morgan fingerprint density at radius 1 is 1.40 bits per heavy atom. The molecule has 1 aliphatic rings. The van der Waals surface area contributed by atoms with E-state index in [0.29, 0.717) is 41.3 Å². The van der Waals surface area contributed by atoms with Gasteiger partial charge in [-0.2, -0.15) is 4.98 Å². The molecule has 1 aromatic heterocycles. The molecule has 30 heavy (non-hydrogen) atoms. The summed E-state index contributed by atoms with van der Waals surface area (Å²) < 4.78 is 22.2. The SMILES string of the molecule is C=CCNC(=O)NS(=C)(=O)c1ccc2cc1OCCCCNc1nc(ncc1Br)N2. The van der Waals surface area contributed by atoms with Crippen LogP contribution in [0.4, 0.5) is 22.2 Å². The quantitative estimate of drug-likeness (QED) is 0.381. The van der Waals surface area contributed by atoms with E-state index in [4.69, 9.17) is 4.74 Å². The van der Waals surface area contributed by atoms with Crippen LogP contribution in [0, 0.1) is 0 Å². The van der Waals surface area contributed by atoms with E-state index in [2.05, 4.69) is 59.0 Å². The first-order valence-electron chi connectivity index (χ1n) is 9.23. The second-order valence-corrected chi connectivity index (χ2v) is 9.28. The second-order valence-electron chi connectivity index (χ2n) is 6.44. The lowest BCUT2D eigenvalue weighted by Crippen LogP contribution is -2.39. The highest BCUT2D eigenvalue weighted by Crippen LogP contribution is 2.30. The number of ether oxygens (including phenoxy) is 1. The van der Waals surface area contributed by atoms with Crippen molar-refractivity contribution in [2.24, 2.45) is 0 Å². The number of amides is 2. The molecule has 1 unspecified atom stereocenters. The molecule has 1 aliphatic heterocycles. The highest BCUT2D eigenvalue weighted by atomic mass is 79.9. The molecule has 9 nitrogen and oxygen atoms in total. The van der Waals surface area contributed by atoms with Crippen LogP contribution >= 0.6 is 15.9 Å². The van der Waals surface area contributed by atoms with Gasteiger partial charge in [-0.25, -0.2) is 14.0 Å². The van der Waals surface area contributed by atoms with Crippen LogP contribution in [0.5, 0.6) is 5.75 Å². The van der Waals surface area contributed by atoms with E-state index >= 15 is 0 Å². The lowest BCUT2D eigenvalue weighted by molar-refractivity contribution is 0.247. The zero-order valence-electron chi connectivity index (χ0n) is 16.2. The van der Waals surface area contributed by atoms with Crippen LogP contribution in [0.3, 0.4) is 0 Å². The van der Waals surface area contributed by atoms with Gasteiger partial charge in [-0.1, -0.05) is 6.08 Å². The number of urea groups is 1. The number of hydrogen-bond acceptors (Lipinski definition) is 7. The molecule has 2 heterocycles. The first-order valence-corrected chi connectivity index (χ1v) is 11.7. The van der Waals surface area contributed by atoms with Crippen molar-refractivity contribution in [2.45, 2.75) is 17.7 Å². The Bertz CT molecular complexity index is 1040. The van der Waals surface area contributed by atoms with Crippen molar-refractivity contribution < 1.29 is 13.7 Å². The fraction of sp³-hybridized carbons (Fsp3) is 0.263. The highest BCUT2D eigenvalue weighted by molar-refractivity contribution is 9.10. The maximum absolute atomic E-state index is 13.1. The van der Waals surface area contributed by atoms with Gasteiger partial charge in [-0.3, -0.25) is 4.72 Å². The van der Waals surface area contributed by atoms with Crippen LogP contribution < -0.4 is 25.4 Å². The number of carbonyl (C=O) groups is 1. The van der Waals surface area contributed by atoms with Gasteiger partial charge in [0.15, 0.2) is 0 Å². The third-order valence-corrected chi connectivity index (χ3v) is 6.23. The lowest BCUT2D eigenvalue weighted by Gasteiger charge is -2.17. The summed E-state index contributed by atoms with van der Waals surface area (Å²) in [5.41, 5.74) is 0.646. The van der Waals surface area contributed by atoms with Crippen LogP contribution in [0.2, 0.25) is 0 Å². The maximum atomic E-state index is 13.1.